The molecular formula is C17H10Cl4N4OS. The van der Waals surface area contributed by atoms with Gasteiger partial charge in [0, 0.05) is 21.4 Å². The third-order valence-corrected chi connectivity index (χ3v) is 5.74. The minimum absolute atomic E-state index is 0.153. The van der Waals surface area contributed by atoms with Gasteiger partial charge in [0.25, 0.3) is 0 Å². The van der Waals surface area contributed by atoms with E-state index in [4.69, 9.17) is 51.1 Å². The first kappa shape index (κ1) is 18.9. The Morgan fingerprint density at radius 1 is 0.963 bits per heavy atom. The van der Waals surface area contributed by atoms with Crippen LogP contribution in [0.1, 0.15) is 11.4 Å². The van der Waals surface area contributed by atoms with Gasteiger partial charge in [0.2, 0.25) is 5.16 Å². The van der Waals surface area contributed by atoms with Crippen LogP contribution in [0.4, 0.5) is 0 Å². The van der Waals surface area contributed by atoms with Gasteiger partial charge in [-0.2, -0.15) is 9.78 Å². The monoisotopic (exact) mass is 458 g/mol. The molecule has 138 valence electrons. The summed E-state index contributed by atoms with van der Waals surface area (Å²) in [4.78, 5) is 0. The molecule has 0 aliphatic carbocycles. The standard InChI is InChI=1S/C17H10Cl4N4OS/c18-9-1-3-11(12(20)5-9)14-8-27-17-23-22-16(25(17)24-14)7-26-15-4-2-10(19)6-13(15)21/h1-6H,7-8H2. The highest BCUT2D eigenvalue weighted by Crippen LogP contribution is 2.30. The predicted molar refractivity (Wildman–Crippen MR) is 110 cm³/mol. The number of nitrogens with zero attached hydrogens (tertiary/aromatic N) is 4. The van der Waals surface area contributed by atoms with Crippen molar-refractivity contribution in [3.8, 4) is 5.75 Å². The summed E-state index contributed by atoms with van der Waals surface area (Å²) in [6.07, 6.45) is 0. The highest BCUT2D eigenvalue weighted by molar-refractivity contribution is 7.99. The normalized spacial score (nSPS) is 13.3. The maximum atomic E-state index is 6.31. The number of fused-ring (bicyclic) bond motifs is 1. The molecule has 0 atom stereocenters. The highest BCUT2D eigenvalue weighted by atomic mass is 35.5. The van der Waals surface area contributed by atoms with Crippen LogP contribution in [-0.2, 0) is 6.61 Å². The number of aromatic nitrogens is 3. The van der Waals surface area contributed by atoms with E-state index in [1.165, 1.54) is 11.8 Å². The molecule has 0 radical (unpaired) electrons. The zero-order chi connectivity index (χ0) is 19.0. The van der Waals surface area contributed by atoms with E-state index < -0.39 is 0 Å². The van der Waals surface area contributed by atoms with E-state index >= 15 is 0 Å². The molecule has 0 unspecified atom stereocenters. The zero-order valence-corrected chi connectivity index (χ0v) is 17.3. The van der Waals surface area contributed by atoms with Gasteiger partial charge in [-0.15, -0.1) is 10.2 Å². The minimum Gasteiger partial charge on any atom is -0.484 e. The Balaban J connectivity index is 1.60. The number of hydrogen-bond donors (Lipinski definition) is 0. The highest BCUT2D eigenvalue weighted by Gasteiger charge is 2.21. The first-order chi connectivity index (χ1) is 13.0. The van der Waals surface area contributed by atoms with Crippen LogP contribution in [0.15, 0.2) is 46.7 Å². The van der Waals surface area contributed by atoms with Gasteiger partial charge in [0.05, 0.1) is 15.8 Å². The van der Waals surface area contributed by atoms with E-state index in [-0.39, 0.29) is 6.61 Å². The summed E-state index contributed by atoms with van der Waals surface area (Å²) >= 11 is 25.8. The van der Waals surface area contributed by atoms with Crippen molar-refractivity contribution >= 4 is 63.9 Å². The van der Waals surface area contributed by atoms with Gasteiger partial charge in [-0.25, -0.2) is 0 Å². The van der Waals surface area contributed by atoms with Crippen molar-refractivity contribution in [3.63, 3.8) is 0 Å². The number of hydrogen-bond acceptors (Lipinski definition) is 5. The Hall–Kier alpha value is -1.44. The van der Waals surface area contributed by atoms with Gasteiger partial charge in [0.1, 0.15) is 12.4 Å². The van der Waals surface area contributed by atoms with E-state index in [1.54, 1.807) is 35.0 Å². The maximum Gasteiger partial charge on any atom is 0.212 e. The van der Waals surface area contributed by atoms with Gasteiger partial charge in [-0.1, -0.05) is 64.2 Å². The summed E-state index contributed by atoms with van der Waals surface area (Å²) in [5.41, 5.74) is 1.63. The third kappa shape index (κ3) is 4.05. The van der Waals surface area contributed by atoms with Crippen molar-refractivity contribution in [1.82, 2.24) is 14.9 Å². The van der Waals surface area contributed by atoms with Crippen LogP contribution in [0.5, 0.6) is 5.75 Å². The van der Waals surface area contributed by atoms with Crippen molar-refractivity contribution < 1.29 is 4.74 Å². The van der Waals surface area contributed by atoms with Crippen LogP contribution in [0, 0.1) is 0 Å². The molecule has 0 N–H and O–H groups in total. The van der Waals surface area contributed by atoms with Crippen molar-refractivity contribution in [2.75, 3.05) is 5.75 Å². The average molecular weight is 460 g/mol. The number of thioether (sulfide) groups is 1. The summed E-state index contributed by atoms with van der Waals surface area (Å²) in [6, 6.07) is 10.4. The van der Waals surface area contributed by atoms with E-state index in [9.17, 15) is 0 Å². The summed E-state index contributed by atoms with van der Waals surface area (Å²) in [7, 11) is 0. The van der Waals surface area contributed by atoms with Gasteiger partial charge in [-0.3, -0.25) is 0 Å². The molecule has 0 saturated heterocycles. The van der Waals surface area contributed by atoms with Crippen molar-refractivity contribution in [1.29, 1.82) is 0 Å². The second-order valence-electron chi connectivity index (χ2n) is 5.53. The van der Waals surface area contributed by atoms with Gasteiger partial charge < -0.3 is 4.74 Å². The maximum absolute atomic E-state index is 6.31. The molecule has 4 rings (SSSR count). The Kier molecular flexibility index (Phi) is 5.53. The Labute approximate surface area is 179 Å². The van der Waals surface area contributed by atoms with Crippen molar-refractivity contribution in [3.05, 3.63) is 67.9 Å². The fraction of sp³-hybridized carbons (Fsp3) is 0.118. The molecule has 1 aliphatic rings. The minimum atomic E-state index is 0.153. The van der Waals surface area contributed by atoms with Crippen molar-refractivity contribution in [2.45, 2.75) is 11.8 Å². The van der Waals surface area contributed by atoms with E-state index in [1.807, 2.05) is 6.07 Å². The molecule has 2 heterocycles. The number of rotatable bonds is 4. The number of ether oxygens (including phenoxy) is 1. The first-order valence-electron chi connectivity index (χ1n) is 7.69. The smallest absolute Gasteiger partial charge is 0.212 e. The molecule has 3 aromatic rings. The van der Waals surface area contributed by atoms with Crippen LogP contribution in [0.3, 0.4) is 0 Å². The summed E-state index contributed by atoms with van der Waals surface area (Å²) in [5, 5.41) is 15.7. The Morgan fingerprint density at radius 2 is 1.70 bits per heavy atom. The quantitative estimate of drug-likeness (QED) is 0.492. The van der Waals surface area contributed by atoms with Gasteiger partial charge in [0.15, 0.2) is 5.82 Å². The van der Waals surface area contributed by atoms with Crippen LogP contribution >= 0.6 is 58.2 Å². The van der Waals surface area contributed by atoms with Gasteiger partial charge in [-0.05, 0) is 30.3 Å². The second-order valence-corrected chi connectivity index (χ2v) is 8.16. The van der Waals surface area contributed by atoms with Crippen molar-refractivity contribution in [2.24, 2.45) is 5.10 Å². The average Bonchev–Trinajstić information content (AvgIpc) is 3.03. The lowest BCUT2D eigenvalue weighted by Crippen LogP contribution is -2.15. The SMILES string of the molecule is Clc1ccc(OCc2nnc3n2N=C(c2ccc(Cl)cc2Cl)CS3)c(Cl)c1. The lowest BCUT2D eigenvalue weighted by atomic mass is 10.1. The molecule has 10 heteroatoms. The van der Waals surface area contributed by atoms with Crippen LogP contribution in [-0.4, -0.2) is 26.3 Å². The number of benzene rings is 2. The molecular weight excluding hydrogens is 450 g/mol. The van der Waals surface area contributed by atoms with Crippen LogP contribution in [0.2, 0.25) is 20.1 Å². The molecule has 27 heavy (non-hydrogen) atoms. The molecule has 0 amide bonds. The van der Waals surface area contributed by atoms with E-state index in [0.717, 1.165) is 11.3 Å². The second kappa shape index (κ2) is 7.89. The predicted octanol–water partition coefficient (Wildman–Crippen LogP) is 5.83. The largest absolute Gasteiger partial charge is 0.484 e. The van der Waals surface area contributed by atoms with Gasteiger partial charge >= 0.3 is 0 Å². The molecule has 5 nitrogen and oxygen atoms in total. The van der Waals surface area contributed by atoms with Crippen LogP contribution in [0.25, 0.3) is 0 Å². The van der Waals surface area contributed by atoms with E-state index in [2.05, 4.69) is 15.3 Å². The zero-order valence-electron chi connectivity index (χ0n) is 13.5. The molecule has 0 bridgehead atoms. The summed E-state index contributed by atoms with van der Waals surface area (Å²) < 4.78 is 7.40. The fourth-order valence-electron chi connectivity index (χ4n) is 2.45. The molecule has 1 aromatic heterocycles. The molecule has 1 aliphatic heterocycles. The Bertz CT molecular complexity index is 1050. The first-order valence-corrected chi connectivity index (χ1v) is 10.2. The Morgan fingerprint density at radius 3 is 2.44 bits per heavy atom. The fourth-order valence-corrected chi connectivity index (χ4v) is 4.28. The lowest BCUT2D eigenvalue weighted by molar-refractivity contribution is 0.290. The molecule has 0 saturated carbocycles. The third-order valence-electron chi connectivity index (χ3n) is 3.73. The van der Waals surface area contributed by atoms with E-state index in [0.29, 0.717) is 42.6 Å². The van der Waals surface area contributed by atoms with Crippen LogP contribution < -0.4 is 4.74 Å². The lowest BCUT2D eigenvalue weighted by Gasteiger charge is -2.15. The molecule has 2 aromatic carbocycles. The molecule has 0 spiro atoms. The summed E-state index contributed by atoms with van der Waals surface area (Å²) in [6.45, 7) is 0.153. The number of halogens is 4. The topological polar surface area (TPSA) is 52.3 Å². The molecule has 0 fully saturated rings. The summed E-state index contributed by atoms with van der Waals surface area (Å²) in [5.74, 6) is 1.68.